The summed E-state index contributed by atoms with van der Waals surface area (Å²) < 4.78 is 0.753. The number of amides is 1. The van der Waals surface area contributed by atoms with Crippen molar-refractivity contribution in [2.45, 2.75) is 6.92 Å². The molecule has 7 heteroatoms. The summed E-state index contributed by atoms with van der Waals surface area (Å²) in [4.78, 5) is 27.5. The second-order valence-electron chi connectivity index (χ2n) is 3.15. The van der Waals surface area contributed by atoms with Crippen LogP contribution in [0.5, 0.6) is 0 Å². The van der Waals surface area contributed by atoms with Crippen molar-refractivity contribution in [3.63, 3.8) is 0 Å². The summed E-state index contributed by atoms with van der Waals surface area (Å²) in [6.07, 6.45) is 0. The Bertz CT molecular complexity index is 576. The number of carbonyl (C=O) groups is 2. The summed E-state index contributed by atoms with van der Waals surface area (Å²) in [7, 11) is 0. The molecule has 4 nitrogen and oxygen atoms in total. The molecule has 0 aliphatic heterocycles. The van der Waals surface area contributed by atoms with Crippen LogP contribution in [0.4, 0.5) is 5.13 Å². The van der Waals surface area contributed by atoms with Gasteiger partial charge in [0.15, 0.2) is 10.9 Å². The molecule has 17 heavy (non-hydrogen) atoms. The number of nitrogens with one attached hydrogen (secondary N) is 1. The number of aromatic nitrogens is 1. The first kappa shape index (κ1) is 12.4. The SMILES string of the molecule is CC(=O)c1csc(NC(=O)c2sccc2Br)n1. The molecule has 0 saturated carbocycles. The Morgan fingerprint density at radius 3 is 2.71 bits per heavy atom. The number of ketones is 1. The van der Waals surface area contributed by atoms with Crippen LogP contribution in [0.1, 0.15) is 27.1 Å². The molecule has 2 heterocycles. The van der Waals surface area contributed by atoms with E-state index in [-0.39, 0.29) is 11.7 Å². The standard InChI is InChI=1S/C10H7BrN2O2S2/c1-5(14)7-4-17-10(12-7)13-9(15)8-6(11)2-3-16-8/h2-4H,1H3,(H,12,13,15). The number of nitrogens with zero attached hydrogens (tertiary/aromatic N) is 1. The van der Waals surface area contributed by atoms with E-state index in [0.717, 1.165) is 4.47 Å². The average Bonchev–Trinajstić information content (AvgIpc) is 2.86. The van der Waals surface area contributed by atoms with E-state index in [9.17, 15) is 9.59 Å². The number of thiophene rings is 1. The van der Waals surface area contributed by atoms with Gasteiger partial charge in [-0.25, -0.2) is 4.98 Å². The highest BCUT2D eigenvalue weighted by Crippen LogP contribution is 2.24. The normalized spacial score (nSPS) is 10.2. The molecule has 0 aliphatic carbocycles. The fourth-order valence-corrected chi connectivity index (χ4v) is 3.29. The van der Waals surface area contributed by atoms with Crippen LogP contribution in [0.15, 0.2) is 21.3 Å². The van der Waals surface area contributed by atoms with Crippen molar-refractivity contribution in [3.8, 4) is 0 Å². The molecule has 0 bridgehead atoms. The van der Waals surface area contributed by atoms with Gasteiger partial charge < -0.3 is 0 Å². The molecule has 0 saturated heterocycles. The molecule has 1 N–H and O–H groups in total. The lowest BCUT2D eigenvalue weighted by molar-refractivity contribution is 0.100. The molecular weight excluding hydrogens is 324 g/mol. The Balaban J connectivity index is 2.13. The highest BCUT2D eigenvalue weighted by Gasteiger charge is 2.14. The predicted octanol–water partition coefficient (Wildman–Crippen LogP) is 3.42. The molecule has 0 aliphatic rings. The van der Waals surface area contributed by atoms with E-state index in [1.807, 2.05) is 11.4 Å². The predicted molar refractivity (Wildman–Crippen MR) is 72.1 cm³/mol. The molecule has 0 aromatic carbocycles. The fraction of sp³-hybridized carbons (Fsp3) is 0.100. The monoisotopic (exact) mass is 330 g/mol. The van der Waals surface area contributed by atoms with Crippen LogP contribution in [0.2, 0.25) is 0 Å². The Morgan fingerprint density at radius 1 is 1.41 bits per heavy atom. The van der Waals surface area contributed by atoms with Crippen molar-refractivity contribution in [3.05, 3.63) is 31.9 Å². The maximum absolute atomic E-state index is 11.8. The minimum Gasteiger partial charge on any atom is -0.297 e. The summed E-state index contributed by atoms with van der Waals surface area (Å²) in [6, 6.07) is 1.81. The maximum Gasteiger partial charge on any atom is 0.268 e. The van der Waals surface area contributed by atoms with Crippen LogP contribution < -0.4 is 5.32 Å². The van der Waals surface area contributed by atoms with E-state index >= 15 is 0 Å². The molecule has 0 spiro atoms. The van der Waals surface area contributed by atoms with E-state index in [4.69, 9.17) is 0 Å². The van der Waals surface area contributed by atoms with Crippen LogP contribution >= 0.6 is 38.6 Å². The highest BCUT2D eigenvalue weighted by molar-refractivity contribution is 9.10. The summed E-state index contributed by atoms with van der Waals surface area (Å²) >= 11 is 5.86. The third kappa shape index (κ3) is 2.80. The first-order valence-corrected chi connectivity index (χ1v) is 7.14. The first-order chi connectivity index (χ1) is 8.08. The number of rotatable bonds is 3. The van der Waals surface area contributed by atoms with Gasteiger partial charge in [0, 0.05) is 16.8 Å². The van der Waals surface area contributed by atoms with Crippen LogP contribution in [0.25, 0.3) is 0 Å². The van der Waals surface area contributed by atoms with Gasteiger partial charge in [-0.2, -0.15) is 0 Å². The Kier molecular flexibility index (Phi) is 3.70. The van der Waals surface area contributed by atoms with E-state index < -0.39 is 0 Å². The Hall–Kier alpha value is -1.05. The van der Waals surface area contributed by atoms with Gasteiger partial charge >= 0.3 is 0 Å². The molecule has 88 valence electrons. The molecule has 0 fully saturated rings. The fourth-order valence-electron chi connectivity index (χ4n) is 1.10. The zero-order valence-corrected chi connectivity index (χ0v) is 11.9. The van der Waals surface area contributed by atoms with Gasteiger partial charge in [0.1, 0.15) is 10.6 Å². The van der Waals surface area contributed by atoms with Gasteiger partial charge in [-0.3, -0.25) is 14.9 Å². The van der Waals surface area contributed by atoms with Crippen molar-refractivity contribution in [2.75, 3.05) is 5.32 Å². The molecule has 0 radical (unpaired) electrons. The van der Waals surface area contributed by atoms with Gasteiger partial charge in [0.2, 0.25) is 0 Å². The van der Waals surface area contributed by atoms with Gasteiger partial charge in [-0.1, -0.05) is 0 Å². The van der Waals surface area contributed by atoms with Crippen molar-refractivity contribution in [2.24, 2.45) is 0 Å². The van der Waals surface area contributed by atoms with Crippen molar-refractivity contribution >= 4 is 55.4 Å². The Labute approximate surface area is 114 Å². The molecule has 2 aromatic rings. The number of hydrogen-bond acceptors (Lipinski definition) is 5. The molecule has 2 aromatic heterocycles. The number of hydrogen-bond donors (Lipinski definition) is 1. The summed E-state index contributed by atoms with van der Waals surface area (Å²) in [5.74, 6) is -0.338. The molecule has 0 atom stereocenters. The quantitative estimate of drug-likeness (QED) is 0.877. The third-order valence-electron chi connectivity index (χ3n) is 1.91. The smallest absolute Gasteiger partial charge is 0.268 e. The van der Waals surface area contributed by atoms with Crippen LogP contribution in [0.3, 0.4) is 0 Å². The van der Waals surface area contributed by atoms with Crippen LogP contribution in [-0.4, -0.2) is 16.7 Å². The minimum absolute atomic E-state index is 0.112. The molecular formula is C10H7BrN2O2S2. The van der Waals surface area contributed by atoms with Crippen LogP contribution in [-0.2, 0) is 0 Å². The lowest BCUT2D eigenvalue weighted by Crippen LogP contribution is -2.10. The number of thiazole rings is 1. The average molecular weight is 331 g/mol. The number of anilines is 1. The lowest BCUT2D eigenvalue weighted by Gasteiger charge is -1.98. The zero-order chi connectivity index (χ0) is 12.4. The number of Topliss-reactive ketones (excluding diaryl/α,β-unsaturated/α-hetero) is 1. The van der Waals surface area contributed by atoms with E-state index in [0.29, 0.717) is 15.7 Å². The van der Waals surface area contributed by atoms with Gasteiger partial charge in [-0.15, -0.1) is 22.7 Å². The molecule has 1 amide bonds. The van der Waals surface area contributed by atoms with E-state index in [1.165, 1.54) is 29.6 Å². The van der Waals surface area contributed by atoms with Gasteiger partial charge in [0.05, 0.1) is 0 Å². The second kappa shape index (κ2) is 5.07. The first-order valence-electron chi connectivity index (χ1n) is 4.58. The number of halogens is 1. The van der Waals surface area contributed by atoms with Gasteiger partial charge in [-0.05, 0) is 27.4 Å². The molecule has 2 rings (SSSR count). The largest absolute Gasteiger partial charge is 0.297 e. The molecule has 0 unspecified atom stereocenters. The highest BCUT2D eigenvalue weighted by atomic mass is 79.9. The summed E-state index contributed by atoms with van der Waals surface area (Å²) in [5, 5.41) is 6.54. The van der Waals surface area contributed by atoms with E-state index in [1.54, 1.807) is 5.38 Å². The lowest BCUT2D eigenvalue weighted by atomic mass is 10.4. The minimum atomic E-state index is -0.226. The Morgan fingerprint density at radius 2 is 2.18 bits per heavy atom. The van der Waals surface area contributed by atoms with Crippen LogP contribution in [0, 0.1) is 0 Å². The van der Waals surface area contributed by atoms with Gasteiger partial charge in [0.25, 0.3) is 5.91 Å². The van der Waals surface area contributed by atoms with Crippen molar-refractivity contribution < 1.29 is 9.59 Å². The summed E-state index contributed by atoms with van der Waals surface area (Å²) in [5.41, 5.74) is 0.371. The summed E-state index contributed by atoms with van der Waals surface area (Å²) in [6.45, 7) is 1.44. The maximum atomic E-state index is 11.8. The third-order valence-corrected chi connectivity index (χ3v) is 4.50. The topological polar surface area (TPSA) is 59.1 Å². The second-order valence-corrected chi connectivity index (χ2v) is 5.77. The van der Waals surface area contributed by atoms with Crippen molar-refractivity contribution in [1.82, 2.24) is 4.98 Å². The zero-order valence-electron chi connectivity index (χ0n) is 8.69. The van der Waals surface area contributed by atoms with Crippen molar-refractivity contribution in [1.29, 1.82) is 0 Å². The number of carbonyl (C=O) groups excluding carboxylic acids is 2. The van der Waals surface area contributed by atoms with E-state index in [2.05, 4.69) is 26.2 Å².